The van der Waals surface area contributed by atoms with Crippen LogP contribution in [0.25, 0.3) is 21.8 Å². The van der Waals surface area contributed by atoms with Crippen LogP contribution >= 0.6 is 23.5 Å². The predicted molar refractivity (Wildman–Crippen MR) is 179 cm³/mol. The summed E-state index contributed by atoms with van der Waals surface area (Å²) in [5, 5.41) is 23.4. The second-order valence-corrected chi connectivity index (χ2v) is 11.1. The highest BCUT2D eigenvalue weighted by atomic mass is 32.2. The molecule has 4 aromatic carbocycles. The van der Waals surface area contributed by atoms with Crippen molar-refractivity contribution in [1.82, 2.24) is 19.9 Å². The second-order valence-electron chi connectivity index (χ2n) is 9.39. The van der Waals surface area contributed by atoms with Gasteiger partial charge in [-0.3, -0.25) is 4.79 Å². The Labute approximate surface area is 257 Å². The Kier molecular flexibility index (Phi) is 10.5. The number of fused-ring (bicyclic) bond motifs is 2. The molecule has 43 heavy (non-hydrogen) atoms. The maximum atomic E-state index is 11.3. The maximum Gasteiger partial charge on any atom is 0.258 e. The van der Waals surface area contributed by atoms with Crippen LogP contribution in [0.5, 0.6) is 11.5 Å². The van der Waals surface area contributed by atoms with Gasteiger partial charge >= 0.3 is 0 Å². The lowest BCUT2D eigenvalue weighted by atomic mass is 10.1. The van der Waals surface area contributed by atoms with Gasteiger partial charge < -0.3 is 26.2 Å². The molecule has 0 unspecified atom stereocenters. The van der Waals surface area contributed by atoms with Crippen LogP contribution < -0.4 is 16.6 Å². The lowest BCUT2D eigenvalue weighted by Crippen LogP contribution is -2.05. The summed E-state index contributed by atoms with van der Waals surface area (Å²) < 4.78 is 0. The third-order valence-electron chi connectivity index (χ3n) is 6.43. The number of nitrogens with two attached hydrogens (primary N) is 1. The van der Waals surface area contributed by atoms with Crippen molar-refractivity contribution in [1.29, 1.82) is 0 Å². The molecule has 6 N–H and O–H groups in total. The summed E-state index contributed by atoms with van der Waals surface area (Å²) in [6.45, 7) is 3.88. The number of phenolic OH excluding ortho intramolecular Hbond substituents is 2. The number of thioether (sulfide) groups is 2. The summed E-state index contributed by atoms with van der Waals surface area (Å²) in [6, 6.07) is 21.9. The quantitative estimate of drug-likeness (QED) is 0.104. The molecule has 0 radical (unpaired) electrons. The first kappa shape index (κ1) is 31.2. The van der Waals surface area contributed by atoms with Crippen LogP contribution in [0, 0.1) is 13.8 Å². The number of aromatic amines is 1. The first-order valence-corrected chi connectivity index (χ1v) is 15.6. The number of hydrogen-bond acceptors (Lipinski definition) is 10. The molecule has 0 bridgehead atoms. The highest BCUT2D eigenvalue weighted by Gasteiger charge is 2.07. The van der Waals surface area contributed by atoms with Crippen LogP contribution in [0.15, 0.2) is 100 Å². The molecule has 2 aromatic heterocycles. The molecule has 0 amide bonds. The van der Waals surface area contributed by atoms with Crippen LogP contribution in [0.1, 0.15) is 11.1 Å². The molecule has 0 saturated heterocycles. The number of nitrogens with zero attached hydrogens (tertiary/aromatic N) is 3. The van der Waals surface area contributed by atoms with Crippen molar-refractivity contribution in [3.63, 3.8) is 0 Å². The largest absolute Gasteiger partial charge is 0.508 e. The Morgan fingerprint density at radius 1 is 0.744 bits per heavy atom. The Hall–Kier alpha value is -4.74. The van der Waals surface area contributed by atoms with Gasteiger partial charge in [0.05, 0.1) is 22.7 Å². The van der Waals surface area contributed by atoms with Crippen molar-refractivity contribution >= 4 is 62.5 Å². The summed E-state index contributed by atoms with van der Waals surface area (Å²) in [6.07, 6.45) is 6.98. The Bertz CT molecular complexity index is 1930. The fourth-order valence-electron chi connectivity index (χ4n) is 3.94. The minimum absolute atomic E-state index is 0.0825. The number of aromatic nitrogens is 4. The molecule has 0 fully saturated rings. The van der Waals surface area contributed by atoms with Crippen molar-refractivity contribution in [3.8, 4) is 11.5 Å². The standard InChI is InChI=1S/C16H15N3OS.C9H8N2OS.C7H9NO/c1-10-3-4-11(20)7-15(10)19-16-13-8-12(21-2)5-6-14(13)17-9-18-16;1-13-6-2-3-8-7(4-6)9(12)11-5-10-8;1-5-2-3-6(9)4-7(5)8/h3-9,20H,1-2H3,(H,17,18,19);2-5H,1H3,(H,10,11,12);2-4,9H,8H2,1H3. The zero-order valence-corrected chi connectivity index (χ0v) is 25.8. The summed E-state index contributed by atoms with van der Waals surface area (Å²) in [7, 11) is 0. The fourth-order valence-corrected chi connectivity index (χ4v) is 4.82. The van der Waals surface area contributed by atoms with E-state index in [1.807, 2.05) is 62.8 Å². The monoisotopic (exact) mass is 612 g/mol. The average Bonchev–Trinajstić information content (AvgIpc) is 3.01. The van der Waals surface area contributed by atoms with E-state index >= 15 is 0 Å². The van der Waals surface area contributed by atoms with Gasteiger partial charge in [-0.2, -0.15) is 0 Å². The van der Waals surface area contributed by atoms with Crippen molar-refractivity contribution in [2.45, 2.75) is 23.6 Å². The number of aryl methyl sites for hydroxylation is 2. The van der Waals surface area contributed by atoms with Crippen LogP contribution in [0.2, 0.25) is 0 Å². The van der Waals surface area contributed by atoms with E-state index in [1.165, 1.54) is 12.4 Å². The van der Waals surface area contributed by atoms with Crippen molar-refractivity contribution in [3.05, 3.63) is 107 Å². The van der Waals surface area contributed by atoms with E-state index in [9.17, 15) is 9.90 Å². The Morgan fingerprint density at radius 2 is 1.35 bits per heavy atom. The van der Waals surface area contributed by atoms with Crippen LogP contribution in [0.4, 0.5) is 17.2 Å². The summed E-state index contributed by atoms with van der Waals surface area (Å²) in [4.78, 5) is 28.8. The molecule has 6 rings (SSSR count). The van der Waals surface area contributed by atoms with Gasteiger partial charge in [0, 0.05) is 38.7 Å². The molecular formula is C32H32N6O3S2. The normalized spacial score (nSPS) is 10.4. The van der Waals surface area contributed by atoms with Gasteiger partial charge in [-0.1, -0.05) is 12.1 Å². The highest BCUT2D eigenvalue weighted by Crippen LogP contribution is 2.29. The molecule has 220 valence electrons. The Balaban J connectivity index is 0.000000163. The van der Waals surface area contributed by atoms with Crippen molar-refractivity contribution < 1.29 is 10.2 Å². The van der Waals surface area contributed by atoms with Gasteiger partial charge in [0.1, 0.15) is 23.6 Å². The Morgan fingerprint density at radius 3 is 1.98 bits per heavy atom. The van der Waals surface area contributed by atoms with Crippen molar-refractivity contribution in [2.24, 2.45) is 0 Å². The van der Waals surface area contributed by atoms with Crippen LogP contribution in [0.3, 0.4) is 0 Å². The molecule has 11 heteroatoms. The molecule has 0 saturated carbocycles. The maximum absolute atomic E-state index is 11.3. The third kappa shape index (κ3) is 8.18. The molecular weight excluding hydrogens is 581 g/mol. The van der Waals surface area contributed by atoms with E-state index in [0.29, 0.717) is 11.1 Å². The van der Waals surface area contributed by atoms with Gasteiger partial charge in [-0.05, 0) is 86.0 Å². The number of H-pyrrole nitrogens is 1. The average molecular weight is 613 g/mol. The van der Waals surface area contributed by atoms with Gasteiger partial charge in [0.2, 0.25) is 0 Å². The van der Waals surface area contributed by atoms with E-state index in [1.54, 1.807) is 54.1 Å². The first-order valence-electron chi connectivity index (χ1n) is 13.1. The van der Waals surface area contributed by atoms with E-state index < -0.39 is 0 Å². The lowest BCUT2D eigenvalue weighted by molar-refractivity contribution is 0.475. The topological polar surface area (TPSA) is 150 Å². The third-order valence-corrected chi connectivity index (χ3v) is 7.88. The molecule has 9 nitrogen and oxygen atoms in total. The van der Waals surface area contributed by atoms with E-state index in [4.69, 9.17) is 10.8 Å². The minimum atomic E-state index is -0.0825. The molecule has 0 spiro atoms. The molecule has 0 aliphatic carbocycles. The number of anilines is 3. The number of nitrogen functional groups attached to an aromatic ring is 1. The number of rotatable bonds is 4. The minimum Gasteiger partial charge on any atom is -0.508 e. The number of benzene rings is 4. The second kappa shape index (κ2) is 14.4. The van der Waals surface area contributed by atoms with Crippen LogP contribution in [-0.4, -0.2) is 42.7 Å². The van der Waals surface area contributed by atoms with E-state index in [-0.39, 0.29) is 17.1 Å². The number of hydrogen-bond donors (Lipinski definition) is 5. The molecule has 2 heterocycles. The molecule has 0 aliphatic heterocycles. The lowest BCUT2D eigenvalue weighted by Gasteiger charge is -2.11. The van der Waals surface area contributed by atoms with Gasteiger partial charge in [-0.15, -0.1) is 23.5 Å². The first-order chi connectivity index (χ1) is 20.7. The van der Waals surface area contributed by atoms with E-state index in [2.05, 4.69) is 31.3 Å². The summed E-state index contributed by atoms with van der Waals surface area (Å²) in [5.74, 6) is 1.19. The summed E-state index contributed by atoms with van der Waals surface area (Å²) >= 11 is 3.29. The molecule has 0 aliphatic rings. The van der Waals surface area contributed by atoms with Gasteiger partial charge in [0.25, 0.3) is 5.56 Å². The fraction of sp³-hybridized carbons (Fsp3) is 0.125. The predicted octanol–water partition coefficient (Wildman–Crippen LogP) is 7.04. The number of phenols is 2. The van der Waals surface area contributed by atoms with Crippen LogP contribution in [-0.2, 0) is 0 Å². The van der Waals surface area contributed by atoms with Crippen molar-refractivity contribution in [2.75, 3.05) is 23.6 Å². The summed E-state index contributed by atoms with van der Waals surface area (Å²) in [5.41, 5.74) is 10.5. The SMILES string of the molecule is CSc1ccc2nc[nH]c(=O)c2c1.CSc1ccc2ncnc(Nc3cc(O)ccc3C)c2c1.Cc1ccc(O)cc1N. The van der Waals surface area contributed by atoms with Gasteiger partial charge in [-0.25, -0.2) is 15.0 Å². The van der Waals surface area contributed by atoms with Gasteiger partial charge in [0.15, 0.2) is 0 Å². The molecule has 6 aromatic rings. The zero-order valence-electron chi connectivity index (χ0n) is 24.1. The zero-order chi connectivity index (χ0) is 30.9. The smallest absolute Gasteiger partial charge is 0.258 e. The van der Waals surface area contributed by atoms with E-state index in [0.717, 1.165) is 48.8 Å². The number of nitrogens with one attached hydrogen (secondary N) is 2. The molecule has 0 atom stereocenters. The highest BCUT2D eigenvalue weighted by molar-refractivity contribution is 7.98. The number of aromatic hydroxyl groups is 2.